The maximum Gasteiger partial charge on any atom is 0.323 e. The molecule has 6 heteroatoms. The zero-order valence-corrected chi connectivity index (χ0v) is 7.70. The number of carboxylic acids is 1. The predicted octanol–water partition coefficient (Wildman–Crippen LogP) is 0.615. The molecule has 1 rings (SSSR count). The van der Waals surface area contributed by atoms with Crippen molar-refractivity contribution in [2.75, 3.05) is 18.0 Å². The van der Waals surface area contributed by atoms with E-state index in [1.54, 1.807) is 11.0 Å². The molecule has 1 heterocycles. The summed E-state index contributed by atoms with van der Waals surface area (Å²) < 4.78 is 3.79. The van der Waals surface area contributed by atoms with Crippen LogP contribution in [0, 0.1) is 0 Å². The number of nitrogens with zero attached hydrogens (tertiary/aromatic N) is 3. The van der Waals surface area contributed by atoms with Crippen molar-refractivity contribution in [2.24, 2.45) is 0 Å². The minimum absolute atomic E-state index is 0.0821. The Hall–Kier alpha value is -1.43. The lowest BCUT2D eigenvalue weighted by atomic mass is 10.5. The zero-order valence-electron chi connectivity index (χ0n) is 6.88. The van der Waals surface area contributed by atoms with Gasteiger partial charge in [0.05, 0.1) is 0 Å². The van der Waals surface area contributed by atoms with Crippen LogP contribution in [0.3, 0.4) is 0 Å². The number of hydrogen-bond donors (Lipinski definition) is 1. The van der Waals surface area contributed by atoms with Crippen molar-refractivity contribution in [1.29, 1.82) is 0 Å². The molecule has 1 aromatic heterocycles. The van der Waals surface area contributed by atoms with Crippen molar-refractivity contribution in [2.45, 2.75) is 0 Å². The molecular formula is C7H9N3O2S. The molecule has 0 aromatic carbocycles. The molecule has 0 aliphatic carbocycles. The van der Waals surface area contributed by atoms with Gasteiger partial charge in [-0.25, -0.2) is 4.98 Å². The van der Waals surface area contributed by atoms with Crippen LogP contribution in [0.5, 0.6) is 0 Å². The standard InChI is InChI=1S/C7H9N3O2S/c1-2-3-10(4-6(11)12)7-8-5-9-13-7/h2,5H,1,3-4H2,(H,11,12). The number of carboxylic acid groups (broad SMARTS) is 1. The number of hydrogen-bond acceptors (Lipinski definition) is 5. The van der Waals surface area contributed by atoms with Crippen LogP contribution in [0.4, 0.5) is 5.13 Å². The lowest BCUT2D eigenvalue weighted by Crippen LogP contribution is -2.29. The first-order valence-corrected chi connectivity index (χ1v) is 4.35. The third kappa shape index (κ3) is 2.83. The molecule has 0 aliphatic heterocycles. The normalized spacial score (nSPS) is 9.54. The third-order valence-corrected chi connectivity index (χ3v) is 2.02. The lowest BCUT2D eigenvalue weighted by molar-refractivity contribution is -0.135. The molecule has 1 aromatic rings. The van der Waals surface area contributed by atoms with E-state index < -0.39 is 5.97 Å². The Balaban J connectivity index is 2.67. The van der Waals surface area contributed by atoms with Crippen LogP contribution in [-0.2, 0) is 4.79 Å². The van der Waals surface area contributed by atoms with Crippen LogP contribution in [-0.4, -0.2) is 33.5 Å². The monoisotopic (exact) mass is 199 g/mol. The summed E-state index contributed by atoms with van der Waals surface area (Å²) >= 11 is 1.17. The van der Waals surface area contributed by atoms with Gasteiger partial charge in [-0.15, -0.1) is 6.58 Å². The molecule has 0 fully saturated rings. The van der Waals surface area contributed by atoms with Crippen molar-refractivity contribution in [3.63, 3.8) is 0 Å². The van der Waals surface area contributed by atoms with Gasteiger partial charge in [-0.3, -0.25) is 4.79 Å². The molecule has 0 saturated carbocycles. The summed E-state index contributed by atoms with van der Waals surface area (Å²) in [5.74, 6) is -0.892. The maximum absolute atomic E-state index is 10.5. The first-order chi connectivity index (χ1) is 6.24. The lowest BCUT2D eigenvalue weighted by Gasteiger charge is -2.15. The average Bonchev–Trinajstić information content (AvgIpc) is 2.54. The van der Waals surface area contributed by atoms with Crippen LogP contribution in [0.15, 0.2) is 19.0 Å². The summed E-state index contributed by atoms with van der Waals surface area (Å²) in [5, 5.41) is 9.19. The fourth-order valence-electron chi connectivity index (χ4n) is 0.836. The van der Waals surface area contributed by atoms with Crippen molar-refractivity contribution < 1.29 is 9.90 Å². The van der Waals surface area contributed by atoms with Gasteiger partial charge in [0.1, 0.15) is 12.9 Å². The van der Waals surface area contributed by atoms with E-state index in [4.69, 9.17) is 5.11 Å². The number of aromatic nitrogens is 2. The van der Waals surface area contributed by atoms with Crippen LogP contribution in [0.25, 0.3) is 0 Å². The van der Waals surface area contributed by atoms with Gasteiger partial charge in [0, 0.05) is 18.1 Å². The summed E-state index contributed by atoms with van der Waals surface area (Å²) in [5.41, 5.74) is 0. The molecule has 70 valence electrons. The molecule has 0 radical (unpaired) electrons. The summed E-state index contributed by atoms with van der Waals surface area (Å²) in [4.78, 5) is 16.0. The highest BCUT2D eigenvalue weighted by Crippen LogP contribution is 2.13. The Morgan fingerprint density at radius 3 is 3.08 bits per heavy atom. The van der Waals surface area contributed by atoms with Crippen LogP contribution in [0.2, 0.25) is 0 Å². The van der Waals surface area contributed by atoms with Gasteiger partial charge in [-0.2, -0.15) is 4.37 Å². The summed E-state index contributed by atoms with van der Waals surface area (Å²) in [7, 11) is 0. The molecule has 0 unspecified atom stereocenters. The van der Waals surface area contributed by atoms with E-state index in [-0.39, 0.29) is 6.54 Å². The van der Waals surface area contributed by atoms with Crippen LogP contribution >= 0.6 is 11.5 Å². The Morgan fingerprint density at radius 1 is 1.85 bits per heavy atom. The van der Waals surface area contributed by atoms with Crippen molar-refractivity contribution >= 4 is 22.6 Å². The molecule has 13 heavy (non-hydrogen) atoms. The second-order valence-corrected chi connectivity index (χ2v) is 3.05. The number of anilines is 1. The van der Waals surface area contributed by atoms with E-state index in [1.807, 2.05) is 0 Å². The quantitative estimate of drug-likeness (QED) is 0.704. The summed E-state index contributed by atoms with van der Waals surface area (Å²) in [6, 6.07) is 0. The van der Waals surface area contributed by atoms with Gasteiger partial charge < -0.3 is 10.0 Å². The molecule has 5 nitrogen and oxygen atoms in total. The number of rotatable bonds is 5. The molecular weight excluding hydrogens is 190 g/mol. The summed E-state index contributed by atoms with van der Waals surface area (Å²) in [6.07, 6.45) is 3.03. The van der Waals surface area contributed by atoms with Crippen molar-refractivity contribution in [3.8, 4) is 0 Å². The largest absolute Gasteiger partial charge is 0.480 e. The maximum atomic E-state index is 10.5. The molecule has 0 bridgehead atoms. The SMILES string of the molecule is C=CCN(CC(=O)O)c1ncns1. The average molecular weight is 199 g/mol. The van der Waals surface area contributed by atoms with E-state index in [0.717, 1.165) is 0 Å². The van der Waals surface area contributed by atoms with Gasteiger partial charge in [-0.1, -0.05) is 6.08 Å². The molecule has 0 saturated heterocycles. The molecule has 0 aliphatic rings. The van der Waals surface area contributed by atoms with Gasteiger partial charge in [0.25, 0.3) is 0 Å². The van der Waals surface area contributed by atoms with Crippen LogP contribution < -0.4 is 4.90 Å². The predicted molar refractivity (Wildman–Crippen MR) is 50.0 cm³/mol. The summed E-state index contributed by atoms with van der Waals surface area (Å²) in [6.45, 7) is 3.92. The van der Waals surface area contributed by atoms with E-state index in [0.29, 0.717) is 11.7 Å². The van der Waals surface area contributed by atoms with Crippen molar-refractivity contribution in [3.05, 3.63) is 19.0 Å². The fraction of sp³-hybridized carbons (Fsp3) is 0.286. The highest BCUT2D eigenvalue weighted by molar-refractivity contribution is 7.09. The Bertz CT molecular complexity index is 286. The molecule has 0 amide bonds. The van der Waals surface area contributed by atoms with Gasteiger partial charge in [0.2, 0.25) is 5.13 Å². The Kier molecular flexibility index (Phi) is 3.39. The first-order valence-electron chi connectivity index (χ1n) is 3.58. The highest BCUT2D eigenvalue weighted by atomic mass is 32.1. The Labute approximate surface area is 79.5 Å². The van der Waals surface area contributed by atoms with E-state index in [9.17, 15) is 4.79 Å². The second-order valence-electron chi connectivity index (χ2n) is 2.29. The van der Waals surface area contributed by atoms with Crippen molar-refractivity contribution in [1.82, 2.24) is 9.36 Å². The van der Waals surface area contributed by atoms with E-state index in [2.05, 4.69) is 15.9 Å². The topological polar surface area (TPSA) is 66.3 Å². The first kappa shape index (κ1) is 9.66. The van der Waals surface area contributed by atoms with Gasteiger partial charge in [0.15, 0.2) is 0 Å². The van der Waals surface area contributed by atoms with E-state index >= 15 is 0 Å². The smallest absolute Gasteiger partial charge is 0.323 e. The molecule has 0 atom stereocenters. The fourth-order valence-corrected chi connectivity index (χ4v) is 1.37. The highest BCUT2D eigenvalue weighted by Gasteiger charge is 2.11. The zero-order chi connectivity index (χ0) is 9.68. The van der Waals surface area contributed by atoms with E-state index in [1.165, 1.54) is 17.9 Å². The molecule has 0 spiro atoms. The Morgan fingerprint density at radius 2 is 2.62 bits per heavy atom. The molecule has 1 N–H and O–H groups in total. The van der Waals surface area contributed by atoms with Gasteiger partial charge in [-0.05, 0) is 0 Å². The minimum atomic E-state index is -0.892. The van der Waals surface area contributed by atoms with Crippen LogP contribution in [0.1, 0.15) is 0 Å². The minimum Gasteiger partial charge on any atom is -0.480 e. The second kappa shape index (κ2) is 4.56. The third-order valence-electron chi connectivity index (χ3n) is 1.30. The number of aliphatic carboxylic acids is 1. The number of carbonyl (C=O) groups is 1. The van der Waals surface area contributed by atoms with Gasteiger partial charge >= 0.3 is 5.97 Å².